The molecule has 0 spiro atoms. The fraction of sp³-hybridized carbons (Fsp3) is 0.417. The lowest BCUT2D eigenvalue weighted by atomic mass is 9.96. The lowest BCUT2D eigenvalue weighted by Gasteiger charge is -2.26. The molecule has 9 heteroatoms. The Morgan fingerprint density at radius 1 is 1.12 bits per heavy atom. The zero-order valence-electron chi connectivity index (χ0n) is 18.1. The monoisotopic (exact) mass is 460 g/mol. The van der Waals surface area contributed by atoms with Crippen molar-refractivity contribution in [2.24, 2.45) is 4.99 Å². The molecule has 6 nitrogen and oxygen atoms in total. The number of phenols is 1. The molecular formula is C24H27F3N4O2. The lowest BCUT2D eigenvalue weighted by Crippen LogP contribution is -2.40. The fourth-order valence-electron chi connectivity index (χ4n) is 4.42. The summed E-state index contributed by atoms with van der Waals surface area (Å²) in [6.07, 6.45) is 3.86. The SMILES string of the molecule is OCCN1CCCCC(NC2=CCN=C(c3ccc(C(F)(F)F)cc3O)c3ccncc32)C1. The molecule has 0 aliphatic carbocycles. The van der Waals surface area contributed by atoms with E-state index >= 15 is 0 Å². The molecule has 0 bridgehead atoms. The molecule has 1 aromatic carbocycles. The van der Waals surface area contributed by atoms with Crippen molar-refractivity contribution in [3.8, 4) is 5.75 Å². The summed E-state index contributed by atoms with van der Waals surface area (Å²) < 4.78 is 39.1. The van der Waals surface area contributed by atoms with E-state index in [1.165, 1.54) is 6.07 Å². The molecule has 1 aromatic heterocycles. The van der Waals surface area contributed by atoms with Gasteiger partial charge in [-0.1, -0.05) is 6.42 Å². The van der Waals surface area contributed by atoms with Crippen molar-refractivity contribution in [3.63, 3.8) is 0 Å². The number of β-amino-alcohol motifs (C(OH)–C–C–N with tert-alkyl or cyclic N) is 1. The van der Waals surface area contributed by atoms with Crippen molar-refractivity contribution in [1.29, 1.82) is 0 Å². The van der Waals surface area contributed by atoms with Gasteiger partial charge in [0.2, 0.25) is 0 Å². The van der Waals surface area contributed by atoms with Gasteiger partial charge < -0.3 is 15.5 Å². The van der Waals surface area contributed by atoms with E-state index in [-0.39, 0.29) is 18.2 Å². The summed E-state index contributed by atoms with van der Waals surface area (Å²) in [7, 11) is 0. The second-order valence-electron chi connectivity index (χ2n) is 8.32. The van der Waals surface area contributed by atoms with E-state index < -0.39 is 17.5 Å². The first kappa shape index (κ1) is 23.3. The summed E-state index contributed by atoms with van der Waals surface area (Å²) in [5.41, 5.74) is 2.10. The third-order valence-corrected chi connectivity index (χ3v) is 6.02. The molecule has 2 aliphatic rings. The molecule has 0 radical (unpaired) electrons. The Labute approximate surface area is 190 Å². The highest BCUT2D eigenvalue weighted by Crippen LogP contribution is 2.34. The third-order valence-electron chi connectivity index (χ3n) is 6.02. The van der Waals surface area contributed by atoms with Gasteiger partial charge in [-0.25, -0.2) is 0 Å². The number of aliphatic hydroxyl groups excluding tert-OH is 1. The molecule has 1 fully saturated rings. The van der Waals surface area contributed by atoms with Crippen LogP contribution in [0.5, 0.6) is 5.75 Å². The maximum atomic E-state index is 13.0. The second kappa shape index (κ2) is 9.93. The van der Waals surface area contributed by atoms with Crippen LogP contribution in [-0.2, 0) is 6.18 Å². The maximum Gasteiger partial charge on any atom is 0.416 e. The number of nitrogens with one attached hydrogen (secondary N) is 1. The van der Waals surface area contributed by atoms with Crippen LogP contribution in [0.25, 0.3) is 5.70 Å². The summed E-state index contributed by atoms with van der Waals surface area (Å²) in [5.74, 6) is -0.467. The Hall–Kier alpha value is -2.91. The van der Waals surface area contributed by atoms with Crippen LogP contribution in [0.2, 0.25) is 0 Å². The molecule has 33 heavy (non-hydrogen) atoms. The summed E-state index contributed by atoms with van der Waals surface area (Å²) in [6.45, 7) is 2.82. The van der Waals surface area contributed by atoms with Gasteiger partial charge >= 0.3 is 6.18 Å². The molecule has 0 amide bonds. The highest BCUT2D eigenvalue weighted by atomic mass is 19.4. The Morgan fingerprint density at radius 3 is 2.73 bits per heavy atom. The van der Waals surface area contributed by atoms with E-state index in [1.807, 2.05) is 6.08 Å². The van der Waals surface area contributed by atoms with Gasteiger partial charge in [-0.2, -0.15) is 13.2 Å². The molecule has 3 heterocycles. The van der Waals surface area contributed by atoms with E-state index in [2.05, 4.69) is 20.2 Å². The molecule has 176 valence electrons. The van der Waals surface area contributed by atoms with Gasteiger partial charge in [-0.15, -0.1) is 0 Å². The number of hydrogen-bond acceptors (Lipinski definition) is 6. The van der Waals surface area contributed by atoms with Gasteiger partial charge in [0.1, 0.15) is 5.75 Å². The third kappa shape index (κ3) is 5.36. The number of aliphatic hydroxyl groups is 1. The first-order valence-electron chi connectivity index (χ1n) is 11.1. The van der Waals surface area contributed by atoms with Gasteiger partial charge in [0.25, 0.3) is 0 Å². The first-order valence-corrected chi connectivity index (χ1v) is 11.1. The number of alkyl halides is 3. The molecule has 1 unspecified atom stereocenters. The first-order chi connectivity index (χ1) is 15.9. The van der Waals surface area contributed by atoms with Gasteiger partial charge in [0.05, 0.1) is 24.4 Å². The zero-order valence-corrected chi connectivity index (χ0v) is 18.1. The molecular weight excluding hydrogens is 433 g/mol. The van der Waals surface area contributed by atoms with E-state index in [1.54, 1.807) is 18.5 Å². The summed E-state index contributed by atoms with van der Waals surface area (Å²) in [5, 5.41) is 23.3. The predicted molar refractivity (Wildman–Crippen MR) is 120 cm³/mol. The Kier molecular flexibility index (Phi) is 6.99. The van der Waals surface area contributed by atoms with Crippen molar-refractivity contribution in [2.75, 3.05) is 32.8 Å². The number of fused-ring (bicyclic) bond motifs is 1. The Bertz CT molecular complexity index is 1050. The van der Waals surface area contributed by atoms with Crippen LogP contribution in [0, 0.1) is 0 Å². The maximum absolute atomic E-state index is 13.0. The number of aliphatic imine (C=N–C) groups is 1. The van der Waals surface area contributed by atoms with E-state index in [0.717, 1.165) is 55.7 Å². The summed E-state index contributed by atoms with van der Waals surface area (Å²) in [4.78, 5) is 11.1. The smallest absolute Gasteiger partial charge is 0.416 e. The average Bonchev–Trinajstić information content (AvgIpc) is 3.10. The van der Waals surface area contributed by atoms with Crippen LogP contribution < -0.4 is 5.32 Å². The highest BCUT2D eigenvalue weighted by Gasteiger charge is 2.32. The average molecular weight is 461 g/mol. The number of aromatic hydroxyl groups is 1. The number of rotatable bonds is 5. The minimum atomic E-state index is -4.54. The fourth-order valence-corrected chi connectivity index (χ4v) is 4.42. The van der Waals surface area contributed by atoms with Crippen molar-refractivity contribution < 1.29 is 23.4 Å². The Morgan fingerprint density at radius 2 is 1.97 bits per heavy atom. The van der Waals surface area contributed by atoms with Gasteiger partial charge in [0.15, 0.2) is 0 Å². The second-order valence-corrected chi connectivity index (χ2v) is 8.32. The van der Waals surface area contributed by atoms with Crippen LogP contribution in [-0.4, -0.2) is 64.6 Å². The van der Waals surface area contributed by atoms with Crippen LogP contribution in [0.15, 0.2) is 47.7 Å². The number of benzene rings is 1. The largest absolute Gasteiger partial charge is 0.507 e. The molecule has 4 rings (SSSR count). The van der Waals surface area contributed by atoms with Crippen molar-refractivity contribution in [2.45, 2.75) is 31.5 Å². The molecule has 2 aromatic rings. The normalized spacial score (nSPS) is 19.7. The summed E-state index contributed by atoms with van der Waals surface area (Å²) in [6, 6.07) is 4.89. The van der Waals surface area contributed by atoms with Crippen LogP contribution in [0.4, 0.5) is 13.2 Å². The minimum Gasteiger partial charge on any atom is -0.507 e. The molecule has 1 saturated heterocycles. The van der Waals surface area contributed by atoms with Crippen LogP contribution >= 0.6 is 0 Å². The standard InChI is InChI=1S/C24H27F3N4O2/c25-24(26,27)16-4-5-19(22(33)13-16)23-18-6-8-28-14-20(18)21(7-9-29-23)30-17-3-1-2-10-31(15-17)11-12-32/h4-8,13-14,17,30,32-33H,1-3,9-12,15H2. The highest BCUT2D eigenvalue weighted by molar-refractivity contribution is 6.17. The van der Waals surface area contributed by atoms with E-state index in [4.69, 9.17) is 0 Å². The lowest BCUT2D eigenvalue weighted by molar-refractivity contribution is -0.137. The Balaban J connectivity index is 1.62. The number of pyridine rings is 1. The van der Waals surface area contributed by atoms with Gasteiger partial charge in [0, 0.05) is 53.9 Å². The number of phenolic OH excluding ortho intramolecular Hbond substituents is 1. The number of hydrogen-bond donors (Lipinski definition) is 3. The van der Waals surface area contributed by atoms with Gasteiger partial charge in [-0.3, -0.25) is 14.9 Å². The van der Waals surface area contributed by atoms with Gasteiger partial charge in [-0.05, 0) is 49.7 Å². The van der Waals surface area contributed by atoms with E-state index in [9.17, 15) is 23.4 Å². The topological polar surface area (TPSA) is 81.0 Å². The summed E-state index contributed by atoms with van der Waals surface area (Å²) >= 11 is 0. The molecule has 0 saturated carbocycles. The molecule has 3 N–H and O–H groups in total. The van der Waals surface area contributed by atoms with Crippen molar-refractivity contribution >= 4 is 11.4 Å². The molecule has 1 atom stereocenters. The van der Waals surface area contributed by atoms with Crippen molar-refractivity contribution in [1.82, 2.24) is 15.2 Å². The minimum absolute atomic E-state index is 0.121. The van der Waals surface area contributed by atoms with Crippen LogP contribution in [0.3, 0.4) is 0 Å². The molecule has 2 aliphatic heterocycles. The van der Waals surface area contributed by atoms with Crippen LogP contribution in [0.1, 0.15) is 41.5 Å². The van der Waals surface area contributed by atoms with Crippen molar-refractivity contribution in [3.05, 3.63) is 65.0 Å². The number of halogens is 3. The number of nitrogens with zero attached hydrogens (tertiary/aromatic N) is 3. The number of likely N-dealkylation sites (tertiary alicyclic amines) is 1. The predicted octanol–water partition coefficient (Wildman–Crippen LogP) is 3.43. The quantitative estimate of drug-likeness (QED) is 0.637. The van der Waals surface area contributed by atoms with E-state index in [0.29, 0.717) is 24.4 Å². The zero-order chi connectivity index (χ0) is 23.4. The number of aromatic nitrogens is 1.